The van der Waals surface area contributed by atoms with Gasteiger partial charge in [0.2, 0.25) is 0 Å². The Morgan fingerprint density at radius 2 is 1.71 bits per heavy atom. The Morgan fingerprint density at radius 1 is 1.21 bits per heavy atom. The lowest BCUT2D eigenvalue weighted by molar-refractivity contribution is -0.152. The molecule has 2 saturated carbocycles. The van der Waals surface area contributed by atoms with Crippen molar-refractivity contribution < 1.29 is 9.53 Å². The highest BCUT2D eigenvalue weighted by Crippen LogP contribution is 2.46. The van der Waals surface area contributed by atoms with Gasteiger partial charge >= 0.3 is 5.97 Å². The first kappa shape index (κ1) is 10.0. The molecule has 0 aromatic heterocycles. The standard InChI is InChI=1S/C12H20O2/c1-8(2)7-11(13)14-12(9-3-4-9)10-5-6-10/h8-10,12H,3-7H2,1-2H3. The predicted octanol–water partition coefficient (Wildman–Crippen LogP) is 2.76. The van der Waals surface area contributed by atoms with E-state index in [9.17, 15) is 4.79 Å². The lowest BCUT2D eigenvalue weighted by Gasteiger charge is -2.17. The third kappa shape index (κ3) is 2.73. The fourth-order valence-corrected chi connectivity index (χ4v) is 1.96. The van der Waals surface area contributed by atoms with Crippen molar-refractivity contribution in [1.29, 1.82) is 0 Å². The van der Waals surface area contributed by atoms with Gasteiger partial charge < -0.3 is 4.74 Å². The van der Waals surface area contributed by atoms with Crippen LogP contribution in [-0.4, -0.2) is 12.1 Å². The fourth-order valence-electron chi connectivity index (χ4n) is 1.96. The largest absolute Gasteiger partial charge is 0.462 e. The van der Waals surface area contributed by atoms with E-state index in [0.29, 0.717) is 24.2 Å². The highest BCUT2D eigenvalue weighted by Gasteiger charge is 2.43. The summed E-state index contributed by atoms with van der Waals surface area (Å²) in [5.74, 6) is 1.85. The van der Waals surface area contributed by atoms with Crippen molar-refractivity contribution in [2.75, 3.05) is 0 Å². The molecule has 0 radical (unpaired) electrons. The van der Waals surface area contributed by atoms with Gasteiger partial charge in [0.25, 0.3) is 0 Å². The summed E-state index contributed by atoms with van der Waals surface area (Å²) in [5.41, 5.74) is 0. The molecule has 2 aliphatic carbocycles. The van der Waals surface area contributed by atoms with Crippen molar-refractivity contribution in [3.8, 4) is 0 Å². The smallest absolute Gasteiger partial charge is 0.306 e. The van der Waals surface area contributed by atoms with Gasteiger partial charge in [0, 0.05) is 6.42 Å². The third-order valence-electron chi connectivity index (χ3n) is 3.02. The van der Waals surface area contributed by atoms with Crippen molar-refractivity contribution in [1.82, 2.24) is 0 Å². The van der Waals surface area contributed by atoms with Gasteiger partial charge in [-0.25, -0.2) is 0 Å². The summed E-state index contributed by atoms with van der Waals surface area (Å²) in [5, 5.41) is 0. The van der Waals surface area contributed by atoms with E-state index >= 15 is 0 Å². The summed E-state index contributed by atoms with van der Waals surface area (Å²) in [7, 11) is 0. The third-order valence-corrected chi connectivity index (χ3v) is 3.02. The number of hydrogen-bond acceptors (Lipinski definition) is 2. The SMILES string of the molecule is CC(C)CC(=O)OC(C1CC1)C1CC1. The van der Waals surface area contributed by atoms with Gasteiger partial charge in [-0.3, -0.25) is 4.79 Å². The molecule has 2 nitrogen and oxygen atoms in total. The molecule has 0 bridgehead atoms. The van der Waals surface area contributed by atoms with E-state index in [1.54, 1.807) is 0 Å². The van der Waals surface area contributed by atoms with E-state index < -0.39 is 0 Å². The van der Waals surface area contributed by atoms with Crippen LogP contribution in [0.2, 0.25) is 0 Å². The molecule has 0 atom stereocenters. The molecule has 80 valence electrons. The molecular formula is C12H20O2. The number of carbonyl (C=O) groups is 1. The first-order valence-electron chi connectivity index (χ1n) is 5.86. The predicted molar refractivity (Wildman–Crippen MR) is 54.8 cm³/mol. The molecule has 2 aliphatic rings. The second kappa shape index (κ2) is 3.92. The van der Waals surface area contributed by atoms with Gasteiger partial charge in [0.05, 0.1) is 0 Å². The summed E-state index contributed by atoms with van der Waals surface area (Å²) in [4.78, 5) is 11.5. The molecule has 0 unspecified atom stereocenters. The first-order chi connectivity index (χ1) is 6.66. The van der Waals surface area contributed by atoms with Crippen LogP contribution in [0.15, 0.2) is 0 Å². The van der Waals surface area contributed by atoms with Crippen molar-refractivity contribution in [2.45, 2.75) is 52.1 Å². The summed E-state index contributed by atoms with van der Waals surface area (Å²) in [6.45, 7) is 4.12. The van der Waals surface area contributed by atoms with Crippen molar-refractivity contribution in [3.63, 3.8) is 0 Å². The molecular weight excluding hydrogens is 176 g/mol. The zero-order chi connectivity index (χ0) is 10.1. The first-order valence-corrected chi connectivity index (χ1v) is 5.86. The zero-order valence-electron chi connectivity index (χ0n) is 9.16. The quantitative estimate of drug-likeness (QED) is 0.632. The second-order valence-corrected chi connectivity index (χ2v) is 5.23. The van der Waals surface area contributed by atoms with E-state index in [-0.39, 0.29) is 12.1 Å². The van der Waals surface area contributed by atoms with Crippen LogP contribution in [0.25, 0.3) is 0 Å². The number of ether oxygens (including phenoxy) is 1. The molecule has 0 aromatic carbocycles. The monoisotopic (exact) mass is 196 g/mol. The summed E-state index contributed by atoms with van der Waals surface area (Å²) in [6.07, 6.45) is 5.95. The van der Waals surface area contributed by atoms with Crippen LogP contribution in [0, 0.1) is 17.8 Å². The minimum atomic E-state index is 0.0174. The molecule has 0 aromatic rings. The molecule has 2 rings (SSSR count). The Morgan fingerprint density at radius 3 is 2.07 bits per heavy atom. The normalized spacial score (nSPS) is 21.7. The Bertz CT molecular complexity index is 202. The Kier molecular flexibility index (Phi) is 2.80. The summed E-state index contributed by atoms with van der Waals surface area (Å²) < 4.78 is 5.57. The molecule has 0 spiro atoms. The van der Waals surface area contributed by atoms with Crippen LogP contribution >= 0.6 is 0 Å². The number of esters is 1. The molecule has 0 aliphatic heterocycles. The van der Waals surface area contributed by atoms with Gasteiger partial charge in [0.15, 0.2) is 0 Å². The Labute approximate surface area is 86.0 Å². The van der Waals surface area contributed by atoms with E-state index in [1.807, 2.05) is 0 Å². The Hall–Kier alpha value is -0.530. The lowest BCUT2D eigenvalue weighted by atomic mass is 10.1. The van der Waals surface area contributed by atoms with Gasteiger partial charge in [-0.2, -0.15) is 0 Å². The lowest BCUT2D eigenvalue weighted by Crippen LogP contribution is -2.23. The van der Waals surface area contributed by atoms with Crippen molar-refractivity contribution in [3.05, 3.63) is 0 Å². The maximum absolute atomic E-state index is 11.5. The molecule has 0 amide bonds. The fraction of sp³-hybridized carbons (Fsp3) is 0.917. The number of carbonyl (C=O) groups excluding carboxylic acids is 1. The van der Waals surface area contributed by atoms with Gasteiger partial charge in [0.1, 0.15) is 6.10 Å². The van der Waals surface area contributed by atoms with Gasteiger partial charge in [-0.1, -0.05) is 13.8 Å². The van der Waals surface area contributed by atoms with Crippen molar-refractivity contribution >= 4 is 5.97 Å². The molecule has 14 heavy (non-hydrogen) atoms. The van der Waals surface area contributed by atoms with E-state index in [1.165, 1.54) is 25.7 Å². The molecule has 0 heterocycles. The van der Waals surface area contributed by atoms with Crippen LogP contribution in [0.4, 0.5) is 0 Å². The number of rotatable bonds is 5. The molecule has 2 fully saturated rings. The minimum absolute atomic E-state index is 0.0174. The van der Waals surface area contributed by atoms with E-state index in [4.69, 9.17) is 4.74 Å². The molecule has 2 heteroatoms. The second-order valence-electron chi connectivity index (χ2n) is 5.23. The van der Waals surface area contributed by atoms with Gasteiger partial charge in [-0.05, 0) is 43.4 Å². The summed E-state index contributed by atoms with van der Waals surface area (Å²) in [6, 6.07) is 0. The highest BCUT2D eigenvalue weighted by atomic mass is 16.5. The van der Waals surface area contributed by atoms with Crippen molar-refractivity contribution in [2.24, 2.45) is 17.8 Å². The molecule has 0 N–H and O–H groups in total. The number of hydrogen-bond donors (Lipinski definition) is 0. The van der Waals surface area contributed by atoms with Crippen LogP contribution in [-0.2, 0) is 9.53 Å². The summed E-state index contributed by atoms with van der Waals surface area (Å²) >= 11 is 0. The zero-order valence-corrected chi connectivity index (χ0v) is 9.16. The maximum Gasteiger partial charge on any atom is 0.306 e. The van der Waals surface area contributed by atoms with Crippen LogP contribution in [0.3, 0.4) is 0 Å². The van der Waals surface area contributed by atoms with Gasteiger partial charge in [-0.15, -0.1) is 0 Å². The maximum atomic E-state index is 11.5. The van der Waals surface area contributed by atoms with Crippen LogP contribution in [0.1, 0.15) is 46.0 Å². The highest BCUT2D eigenvalue weighted by molar-refractivity contribution is 5.69. The minimum Gasteiger partial charge on any atom is -0.462 e. The van der Waals surface area contributed by atoms with Crippen LogP contribution < -0.4 is 0 Å². The van der Waals surface area contributed by atoms with Crippen LogP contribution in [0.5, 0.6) is 0 Å². The molecule has 0 saturated heterocycles. The van der Waals surface area contributed by atoms with E-state index in [2.05, 4.69) is 13.8 Å². The topological polar surface area (TPSA) is 26.3 Å². The Balaban J connectivity index is 1.78. The average molecular weight is 196 g/mol. The average Bonchev–Trinajstić information content (AvgIpc) is 2.94. The van der Waals surface area contributed by atoms with E-state index in [0.717, 1.165) is 0 Å².